The molecule has 2 aliphatic rings. The van der Waals surface area contributed by atoms with Crippen LogP contribution in [0.1, 0.15) is 41.9 Å². The lowest BCUT2D eigenvalue weighted by molar-refractivity contribution is 0.112. The largest absolute Gasteiger partial charge is 0.354 e. The molecule has 13 nitrogen and oxygen atoms in total. The van der Waals surface area contributed by atoms with E-state index in [0.717, 1.165) is 69.8 Å². The molecular weight excluding hydrogens is 634 g/mol. The number of hydrogen-bond donors (Lipinski definition) is 3. The van der Waals surface area contributed by atoms with Crippen LogP contribution < -0.4 is 26.2 Å². The predicted molar refractivity (Wildman–Crippen MR) is 183 cm³/mol. The third-order valence-corrected chi connectivity index (χ3v) is 7.27. The maximum Gasteiger partial charge on any atom is 0.252 e. The standard InChI is InChI=1S/C16H16FN5O.C8H4FNO.C8H12N4O.2CH4/c17-14-2-1-12(7-13(14)9-18)10-21-3-5-22(6-4-21)15-8-16(23)20-11-19-15;9-8-2-1-6(5-11)3-7(8)4-10;13-8-5-7(10-6-11-8)12-3-1-9-2-4-12;;/h1-2,7-8,11H,3-6,10H2,(H,19,20,23);1-3,5H;5-6,9H,1-4H2,(H,10,11,13);2*1H4. The number of nitrogens with zero attached hydrogens (tertiary/aromatic N) is 7. The minimum Gasteiger partial charge on any atom is -0.354 e. The van der Waals surface area contributed by atoms with E-state index in [0.29, 0.717) is 24.2 Å². The van der Waals surface area contributed by atoms with Gasteiger partial charge >= 0.3 is 0 Å². The number of nitriles is 2. The second-order valence-electron chi connectivity index (χ2n) is 10.4. The van der Waals surface area contributed by atoms with Crippen LogP contribution in [0.4, 0.5) is 20.4 Å². The van der Waals surface area contributed by atoms with Gasteiger partial charge in [-0.3, -0.25) is 19.3 Å². The van der Waals surface area contributed by atoms with Gasteiger partial charge in [-0.2, -0.15) is 10.5 Å². The first kappa shape index (κ1) is 39.4. The molecule has 2 saturated heterocycles. The maximum absolute atomic E-state index is 13.3. The molecule has 2 fully saturated rings. The Morgan fingerprint density at radius 2 is 1.24 bits per heavy atom. The van der Waals surface area contributed by atoms with E-state index in [-0.39, 0.29) is 37.1 Å². The highest BCUT2D eigenvalue weighted by molar-refractivity contribution is 5.75. The number of carbonyl (C=O) groups is 1. The van der Waals surface area contributed by atoms with Crippen molar-refractivity contribution >= 4 is 17.9 Å². The summed E-state index contributed by atoms with van der Waals surface area (Å²) in [6.45, 7) is 7.56. The van der Waals surface area contributed by atoms with Gasteiger partial charge in [0, 0.05) is 76.6 Å². The molecule has 4 heterocycles. The van der Waals surface area contributed by atoms with Crippen molar-refractivity contribution in [1.82, 2.24) is 30.2 Å². The Balaban J connectivity index is 0.000000273. The predicted octanol–water partition coefficient (Wildman–Crippen LogP) is 3.06. The van der Waals surface area contributed by atoms with Crippen LogP contribution in [0.3, 0.4) is 0 Å². The molecule has 2 aromatic heterocycles. The summed E-state index contributed by atoms with van der Waals surface area (Å²) in [5.41, 5.74) is 0.952. The Kier molecular flexibility index (Phi) is 15.9. The number of H-pyrrole nitrogens is 2. The van der Waals surface area contributed by atoms with Crippen molar-refractivity contribution in [2.45, 2.75) is 21.4 Å². The highest BCUT2D eigenvalue weighted by Crippen LogP contribution is 2.15. The van der Waals surface area contributed by atoms with Crippen molar-refractivity contribution in [3.63, 3.8) is 0 Å². The molecule has 0 amide bonds. The van der Waals surface area contributed by atoms with Gasteiger partial charge in [0.15, 0.2) is 0 Å². The van der Waals surface area contributed by atoms with Crippen molar-refractivity contribution in [3.05, 3.63) is 116 Å². The number of rotatable bonds is 5. The van der Waals surface area contributed by atoms with Gasteiger partial charge in [0.05, 0.1) is 23.8 Å². The molecule has 15 heteroatoms. The van der Waals surface area contributed by atoms with Crippen LogP contribution in [0, 0.1) is 34.3 Å². The van der Waals surface area contributed by atoms with E-state index in [1.165, 1.54) is 43.0 Å². The van der Waals surface area contributed by atoms with Crippen molar-refractivity contribution < 1.29 is 13.6 Å². The molecule has 0 spiro atoms. The molecule has 0 unspecified atom stereocenters. The van der Waals surface area contributed by atoms with Crippen LogP contribution >= 0.6 is 0 Å². The Morgan fingerprint density at radius 3 is 1.76 bits per heavy atom. The summed E-state index contributed by atoms with van der Waals surface area (Å²) in [4.78, 5) is 52.2. The minimum atomic E-state index is -0.599. The average molecular weight is 675 g/mol. The summed E-state index contributed by atoms with van der Waals surface area (Å²) in [6.07, 6.45) is 3.42. The van der Waals surface area contributed by atoms with Crippen LogP contribution in [-0.4, -0.2) is 83.5 Å². The minimum absolute atomic E-state index is 0. The summed E-state index contributed by atoms with van der Waals surface area (Å²) in [5, 5.41) is 20.5. The van der Waals surface area contributed by atoms with Gasteiger partial charge in [-0.05, 0) is 35.9 Å². The lowest BCUT2D eigenvalue weighted by atomic mass is 10.1. The van der Waals surface area contributed by atoms with Gasteiger partial charge in [0.25, 0.3) is 11.1 Å². The fraction of sp³-hybridized carbons (Fsp3) is 0.324. The third-order valence-electron chi connectivity index (χ3n) is 7.27. The number of aromatic nitrogens is 4. The van der Waals surface area contributed by atoms with Crippen LogP contribution in [0.15, 0.2) is 70.8 Å². The highest BCUT2D eigenvalue weighted by atomic mass is 19.1. The summed E-state index contributed by atoms with van der Waals surface area (Å²) in [6, 6.07) is 14.8. The van der Waals surface area contributed by atoms with E-state index in [9.17, 15) is 23.2 Å². The van der Waals surface area contributed by atoms with E-state index in [4.69, 9.17) is 10.5 Å². The molecule has 49 heavy (non-hydrogen) atoms. The summed E-state index contributed by atoms with van der Waals surface area (Å²) >= 11 is 0. The van der Waals surface area contributed by atoms with Crippen LogP contribution in [0.25, 0.3) is 0 Å². The zero-order valence-electron chi connectivity index (χ0n) is 25.3. The quantitative estimate of drug-likeness (QED) is 0.265. The number of halogens is 2. The molecule has 6 rings (SSSR count). The summed E-state index contributed by atoms with van der Waals surface area (Å²) < 4.78 is 25.9. The monoisotopic (exact) mass is 674 g/mol. The fourth-order valence-corrected chi connectivity index (χ4v) is 4.81. The molecule has 0 bridgehead atoms. The van der Waals surface area contributed by atoms with Crippen molar-refractivity contribution in [1.29, 1.82) is 10.5 Å². The van der Waals surface area contributed by atoms with Gasteiger partial charge in [-0.25, -0.2) is 18.7 Å². The smallest absolute Gasteiger partial charge is 0.252 e. The number of anilines is 2. The van der Waals surface area contributed by atoms with Gasteiger partial charge in [-0.1, -0.05) is 20.9 Å². The van der Waals surface area contributed by atoms with Crippen molar-refractivity contribution in [2.75, 3.05) is 62.2 Å². The fourth-order valence-electron chi connectivity index (χ4n) is 4.81. The van der Waals surface area contributed by atoms with Gasteiger partial charge in [0.2, 0.25) is 0 Å². The van der Waals surface area contributed by atoms with E-state index < -0.39 is 11.6 Å². The molecule has 2 aromatic carbocycles. The lowest BCUT2D eigenvalue weighted by Crippen LogP contribution is -2.46. The number of benzene rings is 2. The van der Waals surface area contributed by atoms with Crippen LogP contribution in [0.5, 0.6) is 0 Å². The molecule has 0 radical (unpaired) electrons. The number of aromatic amines is 2. The van der Waals surface area contributed by atoms with E-state index in [1.807, 2.05) is 6.07 Å². The average Bonchev–Trinajstić information content (AvgIpc) is 3.10. The SMILES string of the molecule is C.C.N#Cc1cc(C=O)ccc1F.N#Cc1cc(CN2CCN(c3cc(=O)[nH]cn3)CC2)ccc1F.O=c1cc(N2CCNCC2)nc[nH]1. The lowest BCUT2D eigenvalue weighted by Gasteiger charge is -2.35. The number of hydrogen-bond acceptors (Lipinski definition) is 11. The Bertz CT molecular complexity index is 1850. The molecule has 0 saturated carbocycles. The first-order valence-electron chi connectivity index (χ1n) is 14.7. The topological polar surface area (TPSA) is 178 Å². The molecule has 0 atom stereocenters. The number of aldehydes is 1. The van der Waals surface area contributed by atoms with E-state index in [2.05, 4.69) is 40.0 Å². The van der Waals surface area contributed by atoms with Gasteiger partial charge in [0.1, 0.15) is 41.7 Å². The number of carbonyl (C=O) groups excluding carboxylic acids is 1. The van der Waals surface area contributed by atoms with Gasteiger partial charge in [-0.15, -0.1) is 0 Å². The van der Waals surface area contributed by atoms with Crippen molar-refractivity contribution in [3.8, 4) is 12.1 Å². The maximum atomic E-state index is 13.3. The first-order chi connectivity index (χ1) is 22.8. The summed E-state index contributed by atoms with van der Waals surface area (Å²) in [7, 11) is 0. The second kappa shape index (κ2) is 19.8. The normalized spacial score (nSPS) is 13.8. The Morgan fingerprint density at radius 1 is 0.735 bits per heavy atom. The number of piperazine rings is 2. The van der Waals surface area contributed by atoms with Crippen LogP contribution in [-0.2, 0) is 6.54 Å². The molecule has 4 aromatic rings. The zero-order valence-corrected chi connectivity index (χ0v) is 25.3. The third kappa shape index (κ3) is 11.8. The first-order valence-corrected chi connectivity index (χ1v) is 14.7. The molecule has 2 aliphatic heterocycles. The Hall–Kier alpha value is -5.77. The molecule has 0 aliphatic carbocycles. The molecule has 258 valence electrons. The number of nitrogens with one attached hydrogen (secondary N) is 3. The molecular formula is C34H40F2N10O3. The van der Waals surface area contributed by atoms with E-state index in [1.54, 1.807) is 18.2 Å². The van der Waals surface area contributed by atoms with E-state index >= 15 is 0 Å². The summed E-state index contributed by atoms with van der Waals surface area (Å²) in [5.74, 6) is 0.367. The second-order valence-corrected chi connectivity index (χ2v) is 10.4. The zero-order chi connectivity index (χ0) is 33.6. The highest BCUT2D eigenvalue weighted by Gasteiger charge is 2.19. The molecule has 3 N–H and O–H groups in total. The Labute approximate surface area is 283 Å². The van der Waals surface area contributed by atoms with Crippen LogP contribution in [0.2, 0.25) is 0 Å². The van der Waals surface area contributed by atoms with Crippen molar-refractivity contribution in [2.24, 2.45) is 0 Å². The van der Waals surface area contributed by atoms with Gasteiger partial charge < -0.3 is 25.1 Å².